The fraction of sp³-hybridized carbons (Fsp3) is 0.455. The van der Waals surface area contributed by atoms with E-state index in [9.17, 15) is 9.59 Å². The van der Waals surface area contributed by atoms with E-state index in [0.717, 1.165) is 17.7 Å². The zero-order valence-electron chi connectivity index (χ0n) is 17.0. The SMILES string of the molecule is COCCOC(=O)C1=C(C)NC2=C(C(=O)CC(C)(C)C2)[C@H]1c1ccc(Cl)c(Cl)c1. The third-order valence-corrected chi connectivity index (χ3v) is 6.00. The molecule has 0 radical (unpaired) electrons. The number of rotatable bonds is 5. The minimum atomic E-state index is -0.556. The van der Waals surface area contributed by atoms with Crippen LogP contribution in [0.1, 0.15) is 45.1 Å². The lowest BCUT2D eigenvalue weighted by molar-refractivity contribution is -0.140. The van der Waals surface area contributed by atoms with Gasteiger partial charge in [0.05, 0.1) is 22.2 Å². The molecule has 2 aliphatic rings. The Bertz CT molecular complexity index is 917. The number of ether oxygens (including phenoxy) is 2. The lowest BCUT2D eigenvalue weighted by Crippen LogP contribution is -2.38. The number of dihydropyridines is 1. The predicted octanol–water partition coefficient (Wildman–Crippen LogP) is 4.79. The Morgan fingerprint density at radius 1 is 1.21 bits per heavy atom. The molecule has 1 aromatic rings. The molecule has 0 bridgehead atoms. The normalized spacial score (nSPS) is 21.0. The number of carbonyl (C=O) groups excluding carboxylic acids is 2. The first-order valence-electron chi connectivity index (χ1n) is 9.49. The van der Waals surface area contributed by atoms with Gasteiger partial charge < -0.3 is 14.8 Å². The van der Waals surface area contributed by atoms with Crippen LogP contribution in [-0.2, 0) is 19.1 Å². The molecule has 3 rings (SSSR count). The first-order valence-corrected chi connectivity index (χ1v) is 10.3. The second kappa shape index (κ2) is 8.50. The average molecular weight is 438 g/mol. The molecule has 5 nitrogen and oxygen atoms in total. The molecule has 7 heteroatoms. The molecule has 1 aromatic carbocycles. The summed E-state index contributed by atoms with van der Waals surface area (Å²) in [6, 6.07) is 5.20. The minimum absolute atomic E-state index is 0.0227. The fourth-order valence-electron chi connectivity index (χ4n) is 4.03. The highest BCUT2D eigenvalue weighted by atomic mass is 35.5. The largest absolute Gasteiger partial charge is 0.460 e. The van der Waals surface area contributed by atoms with Gasteiger partial charge in [-0.1, -0.05) is 43.1 Å². The van der Waals surface area contributed by atoms with Gasteiger partial charge in [0.25, 0.3) is 0 Å². The fourth-order valence-corrected chi connectivity index (χ4v) is 4.33. The summed E-state index contributed by atoms with van der Waals surface area (Å²) in [6.07, 6.45) is 1.13. The molecule has 0 saturated heterocycles. The van der Waals surface area contributed by atoms with Crippen molar-refractivity contribution in [1.29, 1.82) is 0 Å². The predicted molar refractivity (Wildman–Crippen MR) is 113 cm³/mol. The highest BCUT2D eigenvalue weighted by molar-refractivity contribution is 6.42. The van der Waals surface area contributed by atoms with Gasteiger partial charge in [-0.3, -0.25) is 4.79 Å². The summed E-state index contributed by atoms with van der Waals surface area (Å²) >= 11 is 12.4. The number of methoxy groups -OCH3 is 1. The van der Waals surface area contributed by atoms with Crippen LogP contribution in [0.15, 0.2) is 40.7 Å². The van der Waals surface area contributed by atoms with Crippen molar-refractivity contribution in [3.8, 4) is 0 Å². The maximum absolute atomic E-state index is 13.2. The van der Waals surface area contributed by atoms with Gasteiger partial charge in [-0.2, -0.15) is 0 Å². The van der Waals surface area contributed by atoms with Gasteiger partial charge in [-0.15, -0.1) is 0 Å². The van der Waals surface area contributed by atoms with Crippen LogP contribution in [0.3, 0.4) is 0 Å². The van der Waals surface area contributed by atoms with E-state index in [0.29, 0.717) is 39.9 Å². The molecule has 1 aliphatic heterocycles. The van der Waals surface area contributed by atoms with Crippen molar-refractivity contribution in [2.24, 2.45) is 5.41 Å². The Morgan fingerprint density at radius 3 is 2.59 bits per heavy atom. The molecule has 29 heavy (non-hydrogen) atoms. The van der Waals surface area contributed by atoms with Crippen molar-refractivity contribution in [3.05, 3.63) is 56.3 Å². The van der Waals surface area contributed by atoms with Gasteiger partial charge in [0.2, 0.25) is 0 Å². The van der Waals surface area contributed by atoms with Crippen molar-refractivity contribution in [1.82, 2.24) is 5.32 Å². The van der Waals surface area contributed by atoms with Crippen LogP contribution in [0.25, 0.3) is 0 Å². The van der Waals surface area contributed by atoms with Crippen LogP contribution < -0.4 is 5.32 Å². The Morgan fingerprint density at radius 2 is 1.93 bits per heavy atom. The van der Waals surface area contributed by atoms with Crippen molar-refractivity contribution < 1.29 is 19.1 Å². The van der Waals surface area contributed by atoms with E-state index in [1.54, 1.807) is 25.3 Å². The third-order valence-electron chi connectivity index (χ3n) is 5.26. The molecule has 0 spiro atoms. The summed E-state index contributed by atoms with van der Waals surface area (Å²) in [7, 11) is 1.54. The van der Waals surface area contributed by atoms with Gasteiger partial charge in [-0.25, -0.2) is 4.79 Å². The number of esters is 1. The number of hydrogen-bond donors (Lipinski definition) is 1. The number of hydrogen-bond acceptors (Lipinski definition) is 5. The average Bonchev–Trinajstić information content (AvgIpc) is 2.61. The Kier molecular flexibility index (Phi) is 6.42. The smallest absolute Gasteiger partial charge is 0.336 e. The molecule has 0 unspecified atom stereocenters. The maximum Gasteiger partial charge on any atom is 0.336 e. The summed E-state index contributed by atoms with van der Waals surface area (Å²) in [5.41, 5.74) is 3.13. The van der Waals surface area contributed by atoms with Crippen LogP contribution in [-0.4, -0.2) is 32.1 Å². The Balaban J connectivity index is 2.11. The Labute approximate surface area is 181 Å². The van der Waals surface area contributed by atoms with Crippen LogP contribution >= 0.6 is 23.2 Å². The number of carbonyl (C=O) groups is 2. The van der Waals surface area contributed by atoms with E-state index in [-0.39, 0.29) is 17.8 Å². The van der Waals surface area contributed by atoms with Gasteiger partial charge in [0.1, 0.15) is 6.61 Å². The van der Waals surface area contributed by atoms with E-state index in [1.165, 1.54) is 0 Å². The number of benzene rings is 1. The number of ketones is 1. The highest BCUT2D eigenvalue weighted by Gasteiger charge is 2.43. The van der Waals surface area contributed by atoms with Crippen LogP contribution in [0, 0.1) is 5.41 Å². The summed E-state index contributed by atoms with van der Waals surface area (Å²) < 4.78 is 10.4. The van der Waals surface area contributed by atoms with Gasteiger partial charge in [-0.05, 0) is 36.5 Å². The summed E-state index contributed by atoms with van der Waals surface area (Å²) in [6.45, 7) is 6.39. The lowest BCUT2D eigenvalue weighted by atomic mass is 9.68. The number of halogens is 2. The van der Waals surface area contributed by atoms with Crippen molar-refractivity contribution in [2.75, 3.05) is 20.3 Å². The van der Waals surface area contributed by atoms with Crippen molar-refractivity contribution in [2.45, 2.75) is 39.5 Å². The molecule has 156 valence electrons. The zero-order chi connectivity index (χ0) is 21.3. The standard InChI is InChI=1S/C22H25Cl2NO4/c1-12-18(21(27)29-8-7-28-4)19(13-5-6-14(23)15(24)9-13)20-16(25-12)10-22(2,3)11-17(20)26/h5-6,9,19,25H,7-8,10-11H2,1-4H3/t19-/m0/s1. The molecule has 1 N–H and O–H groups in total. The van der Waals surface area contributed by atoms with Gasteiger partial charge in [0, 0.05) is 36.4 Å². The highest BCUT2D eigenvalue weighted by Crippen LogP contribution is 2.47. The summed E-state index contributed by atoms with van der Waals surface area (Å²) in [4.78, 5) is 26.1. The second-order valence-corrected chi connectivity index (χ2v) is 9.05. The van der Waals surface area contributed by atoms with E-state index >= 15 is 0 Å². The second-order valence-electron chi connectivity index (χ2n) is 8.23. The molecule has 0 amide bonds. The van der Waals surface area contributed by atoms with Gasteiger partial charge >= 0.3 is 5.97 Å². The van der Waals surface area contributed by atoms with Crippen molar-refractivity contribution in [3.63, 3.8) is 0 Å². The van der Waals surface area contributed by atoms with Crippen LogP contribution in [0.5, 0.6) is 0 Å². The van der Waals surface area contributed by atoms with Gasteiger partial charge in [0.15, 0.2) is 5.78 Å². The molecular formula is C22H25Cl2NO4. The topological polar surface area (TPSA) is 64.6 Å². The molecule has 0 aromatic heterocycles. The van der Waals surface area contributed by atoms with E-state index < -0.39 is 11.9 Å². The maximum atomic E-state index is 13.2. The molecular weight excluding hydrogens is 413 g/mol. The zero-order valence-corrected chi connectivity index (χ0v) is 18.5. The van der Waals surface area contributed by atoms with Crippen LogP contribution in [0.4, 0.5) is 0 Å². The summed E-state index contributed by atoms with van der Waals surface area (Å²) in [5, 5.41) is 4.09. The first-order chi connectivity index (χ1) is 13.6. The first kappa shape index (κ1) is 21.9. The van der Waals surface area contributed by atoms with E-state index in [1.807, 2.05) is 6.92 Å². The Hall–Kier alpha value is -1.82. The minimum Gasteiger partial charge on any atom is -0.460 e. The van der Waals surface area contributed by atoms with E-state index in [4.69, 9.17) is 32.7 Å². The number of Topliss-reactive ketones (excluding diaryl/α,β-unsaturated/α-hetero) is 1. The monoisotopic (exact) mass is 437 g/mol. The molecule has 1 heterocycles. The van der Waals surface area contributed by atoms with Crippen LogP contribution in [0.2, 0.25) is 10.0 Å². The number of nitrogens with one attached hydrogen (secondary N) is 1. The summed E-state index contributed by atoms with van der Waals surface area (Å²) in [5.74, 6) is -1.01. The molecule has 0 saturated carbocycles. The molecule has 1 atom stereocenters. The molecule has 0 fully saturated rings. The quantitative estimate of drug-likeness (QED) is 0.529. The van der Waals surface area contributed by atoms with Crippen molar-refractivity contribution >= 4 is 35.0 Å². The third kappa shape index (κ3) is 4.52. The number of allylic oxidation sites excluding steroid dienone is 3. The molecule has 1 aliphatic carbocycles. The lowest BCUT2D eigenvalue weighted by Gasteiger charge is -2.39. The van der Waals surface area contributed by atoms with E-state index in [2.05, 4.69) is 19.2 Å².